The third kappa shape index (κ3) is 4.25. The van der Waals surface area contributed by atoms with E-state index < -0.39 is 0 Å². The fourth-order valence-corrected chi connectivity index (χ4v) is 1.59. The Kier molecular flexibility index (Phi) is 4.03. The van der Waals surface area contributed by atoms with Crippen LogP contribution in [0.4, 0.5) is 10.1 Å². The molecular weight excluding hydrogens is 211 g/mol. The molecule has 0 saturated heterocycles. The summed E-state index contributed by atoms with van der Waals surface area (Å²) in [6.07, 6.45) is 0. The zero-order valence-electron chi connectivity index (χ0n) is 9.10. The number of hydrogen-bond acceptors (Lipinski definition) is 1. The Bertz CT molecular complexity index is 343. The van der Waals surface area contributed by atoms with Gasteiger partial charge < -0.3 is 10.6 Å². The molecule has 2 nitrogen and oxygen atoms in total. The maximum atomic E-state index is 13.0. The van der Waals surface area contributed by atoms with E-state index in [0.717, 1.165) is 5.56 Å². The summed E-state index contributed by atoms with van der Waals surface area (Å²) in [6, 6.07) is 5.00. The number of nitrogens with one attached hydrogen (secondary N) is 2. The Labute approximate surface area is 94.9 Å². The number of anilines is 1. The van der Waals surface area contributed by atoms with Crippen LogP contribution in [0.5, 0.6) is 0 Å². The van der Waals surface area contributed by atoms with Gasteiger partial charge >= 0.3 is 0 Å². The number of halogens is 1. The van der Waals surface area contributed by atoms with Gasteiger partial charge in [-0.3, -0.25) is 0 Å². The van der Waals surface area contributed by atoms with Gasteiger partial charge in [-0.05, 0) is 56.8 Å². The lowest BCUT2D eigenvalue weighted by atomic mass is 10.2. The van der Waals surface area contributed by atoms with Crippen LogP contribution in [0.15, 0.2) is 18.2 Å². The molecule has 0 saturated carbocycles. The zero-order chi connectivity index (χ0) is 11.4. The third-order valence-electron chi connectivity index (χ3n) is 1.72. The van der Waals surface area contributed by atoms with Crippen LogP contribution in [-0.4, -0.2) is 11.2 Å². The highest BCUT2D eigenvalue weighted by Crippen LogP contribution is 2.12. The summed E-state index contributed by atoms with van der Waals surface area (Å²) in [5.41, 5.74) is 1.54. The summed E-state index contributed by atoms with van der Waals surface area (Å²) in [6.45, 7) is 5.82. The lowest BCUT2D eigenvalue weighted by Gasteiger charge is -2.13. The van der Waals surface area contributed by atoms with Crippen LogP contribution in [0.1, 0.15) is 19.4 Å². The number of benzene rings is 1. The van der Waals surface area contributed by atoms with E-state index in [2.05, 4.69) is 10.6 Å². The Hall–Kier alpha value is -1.16. The first kappa shape index (κ1) is 11.9. The predicted octanol–water partition coefficient (Wildman–Crippen LogP) is 2.83. The fourth-order valence-electron chi connectivity index (χ4n) is 1.24. The molecule has 0 bridgehead atoms. The molecule has 0 fully saturated rings. The maximum absolute atomic E-state index is 13.0. The lowest BCUT2D eigenvalue weighted by Crippen LogP contribution is -2.33. The molecule has 0 aliphatic rings. The minimum absolute atomic E-state index is 0.259. The van der Waals surface area contributed by atoms with Crippen LogP contribution in [0.2, 0.25) is 0 Å². The largest absolute Gasteiger partial charge is 0.360 e. The summed E-state index contributed by atoms with van der Waals surface area (Å²) < 4.78 is 13.0. The zero-order valence-corrected chi connectivity index (χ0v) is 9.91. The Balaban J connectivity index is 2.68. The van der Waals surface area contributed by atoms with Gasteiger partial charge in [-0.25, -0.2) is 4.39 Å². The quantitative estimate of drug-likeness (QED) is 0.758. The van der Waals surface area contributed by atoms with E-state index in [1.165, 1.54) is 12.1 Å². The van der Waals surface area contributed by atoms with Crippen molar-refractivity contribution in [1.29, 1.82) is 0 Å². The highest BCUT2D eigenvalue weighted by atomic mass is 32.1. The second-order valence-electron chi connectivity index (χ2n) is 3.77. The predicted molar refractivity (Wildman–Crippen MR) is 65.6 cm³/mol. The van der Waals surface area contributed by atoms with Crippen LogP contribution in [0.25, 0.3) is 0 Å². The highest BCUT2D eigenvalue weighted by molar-refractivity contribution is 7.80. The first-order valence-electron chi connectivity index (χ1n) is 4.82. The molecule has 0 atom stereocenters. The van der Waals surface area contributed by atoms with E-state index >= 15 is 0 Å². The van der Waals surface area contributed by atoms with Gasteiger partial charge in [0, 0.05) is 11.7 Å². The monoisotopic (exact) mass is 226 g/mol. The molecule has 4 heteroatoms. The number of hydrogen-bond donors (Lipinski definition) is 2. The van der Waals surface area contributed by atoms with E-state index in [1.807, 2.05) is 26.8 Å². The van der Waals surface area contributed by atoms with E-state index in [4.69, 9.17) is 12.2 Å². The molecule has 0 aromatic heterocycles. The highest BCUT2D eigenvalue weighted by Gasteiger charge is 2.01. The SMILES string of the molecule is Cc1cc(F)cc(NC(=S)NC(C)C)c1. The van der Waals surface area contributed by atoms with Crippen molar-refractivity contribution in [3.8, 4) is 0 Å². The van der Waals surface area contributed by atoms with Gasteiger partial charge in [-0.1, -0.05) is 0 Å². The second-order valence-corrected chi connectivity index (χ2v) is 4.18. The van der Waals surface area contributed by atoms with E-state index in [1.54, 1.807) is 0 Å². The van der Waals surface area contributed by atoms with Gasteiger partial charge in [-0.15, -0.1) is 0 Å². The van der Waals surface area contributed by atoms with Crippen molar-refractivity contribution in [2.24, 2.45) is 0 Å². The Morgan fingerprint density at radius 3 is 2.53 bits per heavy atom. The molecule has 0 aliphatic heterocycles. The van der Waals surface area contributed by atoms with Gasteiger partial charge in [0.15, 0.2) is 5.11 Å². The summed E-state index contributed by atoms with van der Waals surface area (Å²) in [5.74, 6) is -0.259. The van der Waals surface area contributed by atoms with Crippen LogP contribution in [0.3, 0.4) is 0 Å². The number of rotatable bonds is 2. The van der Waals surface area contributed by atoms with Crippen molar-refractivity contribution in [3.63, 3.8) is 0 Å². The first-order valence-corrected chi connectivity index (χ1v) is 5.23. The van der Waals surface area contributed by atoms with E-state index in [0.29, 0.717) is 10.8 Å². The minimum Gasteiger partial charge on any atom is -0.360 e. The number of aryl methyl sites for hydroxylation is 1. The molecule has 0 amide bonds. The summed E-state index contributed by atoms with van der Waals surface area (Å²) in [7, 11) is 0. The van der Waals surface area contributed by atoms with Crippen LogP contribution in [0, 0.1) is 12.7 Å². The van der Waals surface area contributed by atoms with Crippen LogP contribution in [-0.2, 0) is 0 Å². The maximum Gasteiger partial charge on any atom is 0.170 e. The van der Waals surface area contributed by atoms with Crippen molar-refractivity contribution < 1.29 is 4.39 Å². The molecule has 1 aromatic rings. The average Bonchev–Trinajstić information content (AvgIpc) is 1.98. The number of thiocarbonyl (C=S) groups is 1. The Morgan fingerprint density at radius 1 is 1.33 bits per heavy atom. The standard InChI is InChI=1S/C11H15FN2S/c1-7(2)13-11(15)14-10-5-8(3)4-9(12)6-10/h4-7H,1-3H3,(H2,13,14,15). The summed E-state index contributed by atoms with van der Waals surface area (Å²) in [5, 5.41) is 6.47. The molecule has 1 aromatic carbocycles. The summed E-state index contributed by atoms with van der Waals surface area (Å²) >= 11 is 5.05. The van der Waals surface area contributed by atoms with Crippen molar-refractivity contribution in [2.75, 3.05) is 5.32 Å². The van der Waals surface area contributed by atoms with E-state index in [-0.39, 0.29) is 11.9 Å². The third-order valence-corrected chi connectivity index (χ3v) is 1.94. The molecule has 0 heterocycles. The average molecular weight is 226 g/mol. The topological polar surface area (TPSA) is 24.1 Å². The van der Waals surface area contributed by atoms with Crippen LogP contribution >= 0.6 is 12.2 Å². The molecule has 0 spiro atoms. The van der Waals surface area contributed by atoms with Crippen LogP contribution < -0.4 is 10.6 Å². The molecule has 0 radical (unpaired) electrons. The van der Waals surface area contributed by atoms with Gasteiger partial charge in [0.25, 0.3) is 0 Å². The lowest BCUT2D eigenvalue weighted by molar-refractivity contribution is 0.627. The molecule has 2 N–H and O–H groups in total. The van der Waals surface area contributed by atoms with Gasteiger partial charge in [-0.2, -0.15) is 0 Å². The molecule has 82 valence electrons. The van der Waals surface area contributed by atoms with Gasteiger partial charge in [0.05, 0.1) is 0 Å². The molecule has 0 unspecified atom stereocenters. The second kappa shape index (κ2) is 5.07. The Morgan fingerprint density at radius 2 is 2.00 bits per heavy atom. The smallest absolute Gasteiger partial charge is 0.170 e. The van der Waals surface area contributed by atoms with Gasteiger partial charge in [0.2, 0.25) is 0 Å². The molecule has 1 rings (SSSR count). The van der Waals surface area contributed by atoms with E-state index in [9.17, 15) is 4.39 Å². The van der Waals surface area contributed by atoms with Crippen molar-refractivity contribution in [2.45, 2.75) is 26.8 Å². The van der Waals surface area contributed by atoms with Crippen molar-refractivity contribution in [1.82, 2.24) is 5.32 Å². The van der Waals surface area contributed by atoms with Crippen molar-refractivity contribution in [3.05, 3.63) is 29.6 Å². The molecular formula is C11H15FN2S. The van der Waals surface area contributed by atoms with Crippen molar-refractivity contribution >= 4 is 23.0 Å². The first-order chi connectivity index (χ1) is 6.97. The van der Waals surface area contributed by atoms with Gasteiger partial charge in [0.1, 0.15) is 5.82 Å². The summed E-state index contributed by atoms with van der Waals surface area (Å²) in [4.78, 5) is 0. The molecule has 15 heavy (non-hydrogen) atoms. The normalized spacial score (nSPS) is 10.2. The molecule has 0 aliphatic carbocycles. The fraction of sp³-hybridized carbons (Fsp3) is 0.364. The minimum atomic E-state index is -0.259.